The number of methoxy groups -OCH3 is 1. The smallest absolute Gasteiger partial charge is 0.211 e. The van der Waals surface area contributed by atoms with Crippen molar-refractivity contribution in [2.24, 2.45) is 7.05 Å². The number of aliphatic hydroxyl groups excluding tert-OH is 1. The predicted molar refractivity (Wildman–Crippen MR) is 66.3 cm³/mol. The van der Waals surface area contributed by atoms with E-state index in [1.165, 1.54) is 0 Å². The lowest BCUT2D eigenvalue weighted by atomic mass is 10.1. The molecular formula is C12H18N4O2. The van der Waals surface area contributed by atoms with Crippen molar-refractivity contribution in [3.63, 3.8) is 0 Å². The minimum Gasteiger partial charge on any atom is -0.481 e. The summed E-state index contributed by atoms with van der Waals surface area (Å²) in [7, 11) is 3.36. The normalized spacial score (nSPS) is 12.7. The molecule has 0 radical (unpaired) electrons. The Kier molecular flexibility index (Phi) is 3.66. The summed E-state index contributed by atoms with van der Waals surface area (Å²) in [4.78, 5) is 0. The van der Waals surface area contributed by atoms with Gasteiger partial charge in [0.2, 0.25) is 5.88 Å². The Hall–Kier alpha value is -1.82. The first-order valence-corrected chi connectivity index (χ1v) is 5.91. The Balaban J connectivity index is 2.08. The molecule has 0 fully saturated rings. The molecule has 0 saturated carbocycles. The predicted octanol–water partition coefficient (Wildman–Crippen LogP) is 0.921. The fourth-order valence-electron chi connectivity index (χ4n) is 1.84. The van der Waals surface area contributed by atoms with Crippen molar-refractivity contribution in [2.75, 3.05) is 7.11 Å². The molecule has 0 aliphatic rings. The van der Waals surface area contributed by atoms with Crippen molar-refractivity contribution in [2.45, 2.75) is 26.0 Å². The van der Waals surface area contributed by atoms with Crippen LogP contribution < -0.4 is 4.74 Å². The summed E-state index contributed by atoms with van der Waals surface area (Å²) in [6.07, 6.45) is 3.56. The second kappa shape index (κ2) is 5.22. The van der Waals surface area contributed by atoms with Gasteiger partial charge in [0.1, 0.15) is 6.10 Å². The Morgan fingerprint density at radius 2 is 2.28 bits per heavy atom. The Labute approximate surface area is 106 Å². The maximum absolute atomic E-state index is 10.1. The van der Waals surface area contributed by atoms with Crippen molar-refractivity contribution in [3.05, 3.63) is 29.7 Å². The molecule has 0 aliphatic heterocycles. The molecule has 0 spiro atoms. The number of nitrogens with zero attached hydrogens (tertiary/aromatic N) is 4. The zero-order valence-electron chi connectivity index (χ0n) is 10.9. The summed E-state index contributed by atoms with van der Waals surface area (Å²) in [5.74, 6) is 0.633. The molecule has 1 unspecified atom stereocenters. The van der Waals surface area contributed by atoms with Crippen LogP contribution in [0, 0.1) is 0 Å². The third kappa shape index (κ3) is 2.53. The van der Waals surface area contributed by atoms with Gasteiger partial charge in [-0.15, -0.1) is 0 Å². The van der Waals surface area contributed by atoms with E-state index in [2.05, 4.69) is 10.2 Å². The van der Waals surface area contributed by atoms with E-state index in [1.54, 1.807) is 31.1 Å². The van der Waals surface area contributed by atoms with E-state index in [-0.39, 0.29) is 0 Å². The molecule has 0 amide bonds. The van der Waals surface area contributed by atoms with Gasteiger partial charge < -0.3 is 9.84 Å². The topological polar surface area (TPSA) is 65.1 Å². The lowest BCUT2D eigenvalue weighted by Gasteiger charge is -2.04. The van der Waals surface area contributed by atoms with E-state index in [9.17, 15) is 5.11 Å². The molecule has 0 bridgehead atoms. The van der Waals surface area contributed by atoms with E-state index in [4.69, 9.17) is 4.74 Å². The monoisotopic (exact) mass is 250 g/mol. The SMILES string of the molecule is CCn1cc(CC(O)c2cc(OC)n(C)n2)cn1. The lowest BCUT2D eigenvalue weighted by molar-refractivity contribution is 0.172. The van der Waals surface area contributed by atoms with Gasteiger partial charge in [0.25, 0.3) is 0 Å². The van der Waals surface area contributed by atoms with Gasteiger partial charge in [-0.1, -0.05) is 0 Å². The third-order valence-corrected chi connectivity index (χ3v) is 2.85. The molecule has 6 heteroatoms. The molecule has 2 aromatic rings. The van der Waals surface area contributed by atoms with Crippen molar-refractivity contribution in [1.29, 1.82) is 0 Å². The Bertz CT molecular complexity index is 518. The van der Waals surface area contributed by atoms with Gasteiger partial charge >= 0.3 is 0 Å². The standard InChI is InChI=1S/C12H18N4O2/c1-4-16-8-9(7-13-16)5-11(17)10-6-12(18-3)15(2)14-10/h6-8,11,17H,4-5H2,1-3H3. The van der Waals surface area contributed by atoms with Crippen molar-refractivity contribution >= 4 is 0 Å². The average Bonchev–Trinajstić information content (AvgIpc) is 2.95. The number of aliphatic hydroxyl groups is 1. The molecular weight excluding hydrogens is 232 g/mol. The van der Waals surface area contributed by atoms with Crippen LogP contribution in [0.3, 0.4) is 0 Å². The quantitative estimate of drug-likeness (QED) is 0.857. The summed E-state index contributed by atoms with van der Waals surface area (Å²) in [5.41, 5.74) is 1.60. The second-order valence-corrected chi connectivity index (χ2v) is 4.16. The van der Waals surface area contributed by atoms with E-state index in [0.717, 1.165) is 12.1 Å². The molecule has 0 aromatic carbocycles. The summed E-state index contributed by atoms with van der Waals surface area (Å²) >= 11 is 0. The maximum Gasteiger partial charge on any atom is 0.211 e. The second-order valence-electron chi connectivity index (χ2n) is 4.16. The number of ether oxygens (including phenoxy) is 1. The molecule has 1 N–H and O–H groups in total. The molecule has 2 heterocycles. The summed E-state index contributed by atoms with van der Waals surface area (Å²) < 4.78 is 8.56. The van der Waals surface area contributed by atoms with Crippen LogP contribution in [-0.4, -0.2) is 31.8 Å². The first kappa shape index (κ1) is 12.6. The minimum absolute atomic E-state index is 0.500. The maximum atomic E-state index is 10.1. The zero-order chi connectivity index (χ0) is 13.1. The summed E-state index contributed by atoms with van der Waals surface area (Å²) in [5, 5.41) is 18.5. The van der Waals surface area contributed by atoms with Gasteiger partial charge in [-0.25, -0.2) is 4.68 Å². The van der Waals surface area contributed by atoms with Gasteiger partial charge in [-0.05, 0) is 12.5 Å². The van der Waals surface area contributed by atoms with Gasteiger partial charge in [-0.3, -0.25) is 4.68 Å². The van der Waals surface area contributed by atoms with Crippen molar-refractivity contribution in [1.82, 2.24) is 19.6 Å². The third-order valence-electron chi connectivity index (χ3n) is 2.85. The highest BCUT2D eigenvalue weighted by atomic mass is 16.5. The van der Waals surface area contributed by atoms with Gasteiger partial charge in [-0.2, -0.15) is 10.2 Å². The summed E-state index contributed by atoms with van der Waals surface area (Å²) in [6.45, 7) is 2.85. The summed E-state index contributed by atoms with van der Waals surface area (Å²) in [6, 6.07) is 1.74. The first-order chi connectivity index (χ1) is 8.63. The molecule has 0 saturated heterocycles. The van der Waals surface area contributed by atoms with Gasteiger partial charge in [0.15, 0.2) is 0 Å². The van der Waals surface area contributed by atoms with E-state index in [1.807, 2.05) is 17.8 Å². The first-order valence-electron chi connectivity index (χ1n) is 5.91. The zero-order valence-corrected chi connectivity index (χ0v) is 10.9. The van der Waals surface area contributed by atoms with Crippen LogP contribution in [0.15, 0.2) is 18.5 Å². The van der Waals surface area contributed by atoms with Crippen LogP contribution in [0.2, 0.25) is 0 Å². The number of rotatable bonds is 5. The highest BCUT2D eigenvalue weighted by molar-refractivity contribution is 5.19. The van der Waals surface area contributed by atoms with Crippen LogP contribution in [0.25, 0.3) is 0 Å². The fourth-order valence-corrected chi connectivity index (χ4v) is 1.84. The molecule has 6 nitrogen and oxygen atoms in total. The van der Waals surface area contributed by atoms with E-state index in [0.29, 0.717) is 18.0 Å². The lowest BCUT2D eigenvalue weighted by Crippen LogP contribution is -2.03. The van der Waals surface area contributed by atoms with Crippen LogP contribution in [0.1, 0.15) is 24.3 Å². The van der Waals surface area contributed by atoms with Gasteiger partial charge in [0.05, 0.1) is 19.0 Å². The van der Waals surface area contributed by atoms with E-state index >= 15 is 0 Å². The number of hydrogen-bond acceptors (Lipinski definition) is 4. The minimum atomic E-state index is -0.644. The molecule has 18 heavy (non-hydrogen) atoms. The van der Waals surface area contributed by atoms with E-state index < -0.39 is 6.10 Å². The Morgan fingerprint density at radius 1 is 1.50 bits per heavy atom. The van der Waals surface area contributed by atoms with Crippen LogP contribution in [0.4, 0.5) is 0 Å². The van der Waals surface area contributed by atoms with Crippen molar-refractivity contribution < 1.29 is 9.84 Å². The van der Waals surface area contributed by atoms with Crippen LogP contribution in [0.5, 0.6) is 5.88 Å². The molecule has 1 atom stereocenters. The van der Waals surface area contributed by atoms with Crippen LogP contribution >= 0.6 is 0 Å². The highest BCUT2D eigenvalue weighted by Gasteiger charge is 2.15. The molecule has 2 aromatic heterocycles. The van der Waals surface area contributed by atoms with Crippen LogP contribution in [-0.2, 0) is 20.0 Å². The highest BCUT2D eigenvalue weighted by Crippen LogP contribution is 2.20. The molecule has 0 aliphatic carbocycles. The Morgan fingerprint density at radius 3 is 2.83 bits per heavy atom. The number of aromatic nitrogens is 4. The largest absolute Gasteiger partial charge is 0.481 e. The number of aryl methyl sites for hydroxylation is 2. The van der Waals surface area contributed by atoms with Crippen molar-refractivity contribution in [3.8, 4) is 5.88 Å². The molecule has 98 valence electrons. The fraction of sp³-hybridized carbons (Fsp3) is 0.500. The van der Waals surface area contributed by atoms with Gasteiger partial charge in [0, 0.05) is 32.3 Å². The molecule has 2 rings (SSSR count). The average molecular weight is 250 g/mol. The number of hydrogen-bond donors (Lipinski definition) is 1.